The Morgan fingerprint density at radius 1 is 1.13 bits per heavy atom. The van der Waals surface area contributed by atoms with E-state index in [1.165, 1.54) is 23.9 Å². The number of hydrogen-bond donors (Lipinski definition) is 1. The van der Waals surface area contributed by atoms with Gasteiger partial charge in [0.15, 0.2) is 0 Å². The molecule has 0 fully saturated rings. The second-order valence-corrected chi connectivity index (χ2v) is 6.25. The summed E-state index contributed by atoms with van der Waals surface area (Å²) in [4.78, 5) is 22.7. The van der Waals surface area contributed by atoms with E-state index in [1.807, 2.05) is 24.3 Å². The summed E-state index contributed by atoms with van der Waals surface area (Å²) < 4.78 is 0. The van der Waals surface area contributed by atoms with Crippen molar-refractivity contribution in [2.45, 2.75) is 11.3 Å². The van der Waals surface area contributed by atoms with E-state index >= 15 is 0 Å². The molecule has 1 N–H and O–H groups in total. The summed E-state index contributed by atoms with van der Waals surface area (Å²) in [5, 5.41) is 14.1. The van der Waals surface area contributed by atoms with Crippen molar-refractivity contribution in [3.63, 3.8) is 0 Å². The highest BCUT2D eigenvalue weighted by molar-refractivity contribution is 8.00. The zero-order valence-electron chi connectivity index (χ0n) is 12.2. The Bertz CT molecular complexity index is 675. The lowest BCUT2D eigenvalue weighted by Gasteiger charge is -2.05. The molecule has 23 heavy (non-hydrogen) atoms. The average molecular weight is 351 g/mol. The maximum Gasteiger partial charge on any atom is 0.269 e. The molecular formula is C16H15ClN2O3S. The molecule has 120 valence electrons. The minimum absolute atomic E-state index is 0.0433. The first kappa shape index (κ1) is 17.3. The Morgan fingerprint density at radius 2 is 1.78 bits per heavy atom. The van der Waals surface area contributed by atoms with Crippen LogP contribution in [0.2, 0.25) is 5.02 Å². The van der Waals surface area contributed by atoms with Crippen LogP contribution in [-0.4, -0.2) is 23.1 Å². The van der Waals surface area contributed by atoms with Crippen molar-refractivity contribution in [3.05, 3.63) is 69.2 Å². The fourth-order valence-electron chi connectivity index (χ4n) is 1.86. The molecule has 0 aliphatic carbocycles. The number of hydrogen-bond acceptors (Lipinski definition) is 4. The molecule has 0 heterocycles. The van der Waals surface area contributed by atoms with Gasteiger partial charge in [-0.2, -0.15) is 0 Å². The molecule has 2 rings (SSSR count). The largest absolute Gasteiger partial charge is 0.355 e. The van der Waals surface area contributed by atoms with E-state index in [0.717, 1.165) is 16.9 Å². The number of nitro benzene ring substituents is 1. The Labute approximate surface area is 143 Å². The number of carbonyl (C=O) groups excluding carboxylic acids is 1. The molecular weight excluding hydrogens is 336 g/mol. The van der Waals surface area contributed by atoms with Crippen LogP contribution in [0.25, 0.3) is 0 Å². The number of carbonyl (C=O) groups is 1. The molecule has 0 spiro atoms. The maximum atomic E-state index is 11.8. The van der Waals surface area contributed by atoms with E-state index < -0.39 is 4.92 Å². The van der Waals surface area contributed by atoms with Gasteiger partial charge in [0, 0.05) is 28.6 Å². The Morgan fingerprint density at radius 3 is 2.39 bits per heavy atom. The fraction of sp³-hybridized carbons (Fsp3) is 0.188. The quantitative estimate of drug-likeness (QED) is 0.469. The predicted molar refractivity (Wildman–Crippen MR) is 92.0 cm³/mol. The standard InChI is InChI=1S/C16H15ClN2O3S/c17-13-3-1-12(2-4-13)9-10-18-16(20)11-23-15-7-5-14(6-8-15)19(21)22/h1-8H,9-11H2,(H,18,20). The number of benzene rings is 2. The first-order chi connectivity index (χ1) is 11.0. The van der Waals surface area contributed by atoms with Crippen LogP contribution in [0.3, 0.4) is 0 Å². The summed E-state index contributed by atoms with van der Waals surface area (Å²) >= 11 is 7.16. The van der Waals surface area contributed by atoms with Crippen molar-refractivity contribution < 1.29 is 9.72 Å². The number of nitrogens with zero attached hydrogens (tertiary/aromatic N) is 1. The predicted octanol–water partition coefficient (Wildman–Crippen LogP) is 3.70. The fourth-order valence-corrected chi connectivity index (χ4v) is 2.72. The van der Waals surface area contributed by atoms with Gasteiger partial charge in [-0.05, 0) is 36.2 Å². The third kappa shape index (κ3) is 5.92. The first-order valence-electron chi connectivity index (χ1n) is 6.93. The minimum Gasteiger partial charge on any atom is -0.355 e. The number of halogens is 1. The summed E-state index contributed by atoms with van der Waals surface area (Å²) in [6.07, 6.45) is 0.741. The Hall–Kier alpha value is -2.05. The molecule has 7 heteroatoms. The normalized spacial score (nSPS) is 10.3. The van der Waals surface area contributed by atoms with Gasteiger partial charge in [-0.1, -0.05) is 23.7 Å². The Balaban J connectivity index is 1.70. The van der Waals surface area contributed by atoms with E-state index in [0.29, 0.717) is 11.6 Å². The van der Waals surface area contributed by atoms with E-state index in [4.69, 9.17) is 11.6 Å². The number of nitro groups is 1. The van der Waals surface area contributed by atoms with Gasteiger partial charge in [-0.3, -0.25) is 14.9 Å². The zero-order chi connectivity index (χ0) is 16.7. The molecule has 1 amide bonds. The van der Waals surface area contributed by atoms with Gasteiger partial charge in [0.2, 0.25) is 5.91 Å². The highest BCUT2D eigenvalue weighted by atomic mass is 35.5. The summed E-state index contributed by atoms with van der Waals surface area (Å²) in [6.45, 7) is 0.557. The van der Waals surface area contributed by atoms with Crippen molar-refractivity contribution in [3.8, 4) is 0 Å². The molecule has 2 aromatic carbocycles. The zero-order valence-corrected chi connectivity index (χ0v) is 13.8. The van der Waals surface area contributed by atoms with Crippen LogP contribution in [0.1, 0.15) is 5.56 Å². The molecule has 0 aromatic heterocycles. The van der Waals surface area contributed by atoms with E-state index in [2.05, 4.69) is 5.32 Å². The van der Waals surface area contributed by atoms with E-state index in [1.54, 1.807) is 12.1 Å². The van der Waals surface area contributed by atoms with Crippen molar-refractivity contribution in [2.75, 3.05) is 12.3 Å². The topological polar surface area (TPSA) is 72.2 Å². The molecule has 0 aliphatic rings. The number of non-ortho nitro benzene ring substituents is 1. The molecule has 0 atom stereocenters. The number of rotatable bonds is 7. The van der Waals surface area contributed by atoms with Crippen LogP contribution in [0.4, 0.5) is 5.69 Å². The van der Waals surface area contributed by atoms with Crippen molar-refractivity contribution in [1.82, 2.24) is 5.32 Å². The molecule has 2 aromatic rings. The molecule has 0 bridgehead atoms. The van der Waals surface area contributed by atoms with Gasteiger partial charge in [0.25, 0.3) is 5.69 Å². The summed E-state index contributed by atoms with van der Waals surface area (Å²) in [7, 11) is 0. The van der Waals surface area contributed by atoms with Gasteiger partial charge in [0.1, 0.15) is 0 Å². The van der Waals surface area contributed by atoms with Gasteiger partial charge in [-0.15, -0.1) is 11.8 Å². The molecule has 0 radical (unpaired) electrons. The molecule has 0 saturated carbocycles. The van der Waals surface area contributed by atoms with Crippen LogP contribution >= 0.6 is 23.4 Å². The van der Waals surface area contributed by atoms with Crippen LogP contribution in [0.15, 0.2) is 53.4 Å². The molecule has 5 nitrogen and oxygen atoms in total. The third-order valence-electron chi connectivity index (χ3n) is 3.07. The highest BCUT2D eigenvalue weighted by Gasteiger charge is 2.06. The minimum atomic E-state index is -0.447. The van der Waals surface area contributed by atoms with Gasteiger partial charge in [0.05, 0.1) is 10.7 Å². The number of thioether (sulfide) groups is 1. The first-order valence-corrected chi connectivity index (χ1v) is 8.29. The number of amides is 1. The third-order valence-corrected chi connectivity index (χ3v) is 4.33. The average Bonchev–Trinajstić information content (AvgIpc) is 2.55. The van der Waals surface area contributed by atoms with Gasteiger partial charge in [-0.25, -0.2) is 0 Å². The van der Waals surface area contributed by atoms with Crippen LogP contribution in [0, 0.1) is 10.1 Å². The lowest BCUT2D eigenvalue weighted by atomic mass is 10.1. The molecule has 0 saturated heterocycles. The lowest BCUT2D eigenvalue weighted by Crippen LogP contribution is -2.27. The maximum absolute atomic E-state index is 11.8. The SMILES string of the molecule is O=C(CSc1ccc([N+](=O)[O-])cc1)NCCc1ccc(Cl)cc1. The van der Waals surface area contributed by atoms with Gasteiger partial charge < -0.3 is 5.32 Å². The monoisotopic (exact) mass is 350 g/mol. The van der Waals surface area contributed by atoms with Crippen LogP contribution < -0.4 is 5.32 Å². The smallest absolute Gasteiger partial charge is 0.269 e. The molecule has 0 aliphatic heterocycles. The van der Waals surface area contributed by atoms with Gasteiger partial charge >= 0.3 is 0 Å². The van der Waals surface area contributed by atoms with E-state index in [9.17, 15) is 14.9 Å². The van der Waals surface area contributed by atoms with E-state index in [-0.39, 0.29) is 17.3 Å². The van der Waals surface area contributed by atoms with Crippen molar-refractivity contribution in [1.29, 1.82) is 0 Å². The summed E-state index contributed by atoms with van der Waals surface area (Å²) in [5.41, 5.74) is 1.15. The second-order valence-electron chi connectivity index (χ2n) is 4.77. The lowest BCUT2D eigenvalue weighted by molar-refractivity contribution is -0.384. The van der Waals surface area contributed by atoms with Crippen LogP contribution in [-0.2, 0) is 11.2 Å². The summed E-state index contributed by atoms with van der Waals surface area (Å²) in [5.74, 6) is 0.209. The van der Waals surface area contributed by atoms with Crippen molar-refractivity contribution in [2.24, 2.45) is 0 Å². The van der Waals surface area contributed by atoms with Crippen LogP contribution in [0.5, 0.6) is 0 Å². The number of nitrogens with one attached hydrogen (secondary N) is 1. The van der Waals surface area contributed by atoms with Crippen molar-refractivity contribution >= 4 is 35.0 Å². The highest BCUT2D eigenvalue weighted by Crippen LogP contribution is 2.21. The Kier molecular flexibility index (Phi) is 6.43. The summed E-state index contributed by atoms with van der Waals surface area (Å²) in [6, 6.07) is 13.7. The molecule has 0 unspecified atom stereocenters. The second kappa shape index (κ2) is 8.55.